The van der Waals surface area contributed by atoms with Crippen LogP contribution in [0.5, 0.6) is 11.6 Å². The van der Waals surface area contributed by atoms with Crippen LogP contribution in [0.25, 0.3) is 0 Å². The molecule has 3 nitrogen and oxygen atoms in total. The van der Waals surface area contributed by atoms with E-state index < -0.39 is 0 Å². The first-order valence-corrected chi connectivity index (χ1v) is 6.82. The number of anilines is 1. The van der Waals surface area contributed by atoms with Gasteiger partial charge in [0.05, 0.1) is 5.69 Å². The van der Waals surface area contributed by atoms with Crippen LogP contribution >= 0.6 is 11.6 Å². The van der Waals surface area contributed by atoms with E-state index in [9.17, 15) is 0 Å². The number of nitrogens with zero attached hydrogens (tertiary/aromatic N) is 1. The van der Waals surface area contributed by atoms with E-state index in [0.717, 1.165) is 18.6 Å². The molecule has 1 aromatic heterocycles. The van der Waals surface area contributed by atoms with Gasteiger partial charge in [0.2, 0.25) is 5.88 Å². The molecule has 1 aliphatic rings. The quantitative estimate of drug-likeness (QED) is 0.843. The Morgan fingerprint density at radius 3 is 2.68 bits per heavy atom. The van der Waals surface area contributed by atoms with Crippen molar-refractivity contribution in [1.82, 2.24) is 4.98 Å². The summed E-state index contributed by atoms with van der Waals surface area (Å²) in [6.07, 6.45) is 4.79. The highest BCUT2D eigenvalue weighted by molar-refractivity contribution is 6.29. The summed E-state index contributed by atoms with van der Waals surface area (Å²) in [5, 5.41) is 0.377. The summed E-state index contributed by atoms with van der Waals surface area (Å²) >= 11 is 5.85. The van der Waals surface area contributed by atoms with Crippen LogP contribution < -0.4 is 10.5 Å². The van der Waals surface area contributed by atoms with E-state index in [4.69, 9.17) is 22.1 Å². The predicted molar refractivity (Wildman–Crippen MR) is 76.8 cm³/mol. The van der Waals surface area contributed by atoms with Gasteiger partial charge in [0.15, 0.2) is 0 Å². The van der Waals surface area contributed by atoms with E-state index in [0.29, 0.717) is 16.7 Å². The zero-order chi connectivity index (χ0) is 13.2. The van der Waals surface area contributed by atoms with Gasteiger partial charge in [-0.15, -0.1) is 0 Å². The van der Waals surface area contributed by atoms with E-state index in [1.807, 2.05) is 6.07 Å². The van der Waals surface area contributed by atoms with Crippen LogP contribution in [-0.2, 0) is 12.8 Å². The standard InChI is InChI=1S/C15H15ClN2O/c16-14-8-7-13(17)15(18-14)19-12-6-5-10-3-1-2-4-11(10)9-12/h5-9H,1-4,17H2. The molecule has 0 spiro atoms. The zero-order valence-electron chi connectivity index (χ0n) is 10.5. The highest BCUT2D eigenvalue weighted by atomic mass is 35.5. The molecular formula is C15H15ClN2O. The van der Waals surface area contributed by atoms with Crippen LogP contribution in [0.2, 0.25) is 5.15 Å². The number of aromatic nitrogens is 1. The van der Waals surface area contributed by atoms with E-state index in [1.54, 1.807) is 12.1 Å². The first kappa shape index (κ1) is 12.3. The van der Waals surface area contributed by atoms with Crippen LogP contribution in [0, 0.1) is 0 Å². The summed E-state index contributed by atoms with van der Waals surface area (Å²) in [7, 11) is 0. The minimum Gasteiger partial charge on any atom is -0.437 e. The summed E-state index contributed by atoms with van der Waals surface area (Å²) < 4.78 is 5.74. The second kappa shape index (κ2) is 5.10. The molecule has 19 heavy (non-hydrogen) atoms. The Hall–Kier alpha value is -1.74. The summed E-state index contributed by atoms with van der Waals surface area (Å²) in [4.78, 5) is 4.10. The Kier molecular flexibility index (Phi) is 3.30. The van der Waals surface area contributed by atoms with Crippen molar-refractivity contribution in [3.8, 4) is 11.6 Å². The third-order valence-corrected chi connectivity index (χ3v) is 3.60. The number of pyridine rings is 1. The van der Waals surface area contributed by atoms with Crippen molar-refractivity contribution < 1.29 is 4.74 Å². The van der Waals surface area contributed by atoms with E-state index in [2.05, 4.69) is 17.1 Å². The highest BCUT2D eigenvalue weighted by Crippen LogP contribution is 2.30. The number of rotatable bonds is 2. The fourth-order valence-corrected chi connectivity index (χ4v) is 2.54. The molecule has 3 rings (SSSR count). The average Bonchev–Trinajstić information content (AvgIpc) is 2.43. The van der Waals surface area contributed by atoms with Crippen molar-refractivity contribution in [2.24, 2.45) is 0 Å². The minimum atomic E-state index is 0.364. The second-order valence-corrected chi connectivity index (χ2v) is 5.16. The molecule has 1 heterocycles. The molecule has 98 valence electrons. The maximum atomic E-state index is 5.85. The molecule has 0 radical (unpaired) electrons. The Bertz CT molecular complexity index is 613. The van der Waals surface area contributed by atoms with Gasteiger partial charge in [-0.25, -0.2) is 0 Å². The number of nitrogen functional groups attached to an aromatic ring is 1. The molecular weight excluding hydrogens is 260 g/mol. The maximum absolute atomic E-state index is 5.85. The van der Waals surface area contributed by atoms with Crippen molar-refractivity contribution >= 4 is 17.3 Å². The number of aryl methyl sites for hydroxylation is 2. The molecule has 1 aromatic carbocycles. The lowest BCUT2D eigenvalue weighted by Gasteiger charge is -2.16. The molecule has 0 aliphatic heterocycles. The molecule has 2 N–H and O–H groups in total. The van der Waals surface area contributed by atoms with Gasteiger partial charge in [-0.05, 0) is 61.1 Å². The molecule has 4 heteroatoms. The van der Waals surface area contributed by atoms with Crippen molar-refractivity contribution in [2.75, 3.05) is 5.73 Å². The average molecular weight is 275 g/mol. The lowest BCUT2D eigenvalue weighted by molar-refractivity contribution is 0.464. The third kappa shape index (κ3) is 2.66. The Balaban J connectivity index is 1.89. The van der Waals surface area contributed by atoms with E-state index >= 15 is 0 Å². The molecule has 1 aliphatic carbocycles. The van der Waals surface area contributed by atoms with Crippen molar-refractivity contribution in [3.05, 3.63) is 46.6 Å². The van der Waals surface area contributed by atoms with Crippen LogP contribution in [0.3, 0.4) is 0 Å². The van der Waals surface area contributed by atoms with Gasteiger partial charge in [-0.3, -0.25) is 0 Å². The van der Waals surface area contributed by atoms with Gasteiger partial charge in [0, 0.05) is 0 Å². The minimum absolute atomic E-state index is 0.364. The van der Waals surface area contributed by atoms with Crippen molar-refractivity contribution in [3.63, 3.8) is 0 Å². The molecule has 0 amide bonds. The predicted octanol–water partition coefficient (Wildman–Crippen LogP) is 3.99. The lowest BCUT2D eigenvalue weighted by Crippen LogP contribution is -2.03. The number of fused-ring (bicyclic) bond motifs is 1. The lowest BCUT2D eigenvalue weighted by atomic mass is 9.92. The Morgan fingerprint density at radius 2 is 1.84 bits per heavy atom. The number of nitrogens with two attached hydrogens (primary N) is 1. The van der Waals surface area contributed by atoms with Gasteiger partial charge in [-0.2, -0.15) is 4.98 Å². The molecule has 0 saturated carbocycles. The molecule has 0 unspecified atom stereocenters. The Morgan fingerprint density at radius 1 is 1.05 bits per heavy atom. The third-order valence-electron chi connectivity index (χ3n) is 3.39. The van der Waals surface area contributed by atoms with Crippen LogP contribution in [0.4, 0.5) is 5.69 Å². The van der Waals surface area contributed by atoms with Gasteiger partial charge in [-0.1, -0.05) is 17.7 Å². The van der Waals surface area contributed by atoms with E-state index in [-0.39, 0.29) is 0 Å². The zero-order valence-corrected chi connectivity index (χ0v) is 11.3. The molecule has 0 fully saturated rings. The maximum Gasteiger partial charge on any atom is 0.244 e. The topological polar surface area (TPSA) is 48.1 Å². The van der Waals surface area contributed by atoms with Gasteiger partial charge in [0.25, 0.3) is 0 Å². The van der Waals surface area contributed by atoms with Gasteiger partial charge in [0.1, 0.15) is 10.9 Å². The number of halogens is 1. The second-order valence-electron chi connectivity index (χ2n) is 4.77. The van der Waals surface area contributed by atoms with Crippen molar-refractivity contribution in [2.45, 2.75) is 25.7 Å². The first-order valence-electron chi connectivity index (χ1n) is 6.44. The van der Waals surface area contributed by atoms with E-state index in [1.165, 1.54) is 24.0 Å². The molecule has 0 atom stereocenters. The van der Waals surface area contributed by atoms with Crippen LogP contribution in [0.15, 0.2) is 30.3 Å². The number of hydrogen-bond donors (Lipinski definition) is 1. The highest BCUT2D eigenvalue weighted by Gasteiger charge is 2.11. The summed E-state index contributed by atoms with van der Waals surface area (Å²) in [6, 6.07) is 9.52. The monoisotopic (exact) mass is 274 g/mol. The fraction of sp³-hybridized carbons (Fsp3) is 0.267. The normalized spacial score (nSPS) is 13.9. The number of benzene rings is 1. The number of hydrogen-bond acceptors (Lipinski definition) is 3. The smallest absolute Gasteiger partial charge is 0.244 e. The number of ether oxygens (including phenoxy) is 1. The largest absolute Gasteiger partial charge is 0.437 e. The molecule has 0 bridgehead atoms. The molecule has 2 aromatic rings. The van der Waals surface area contributed by atoms with Crippen LogP contribution in [-0.4, -0.2) is 4.98 Å². The van der Waals surface area contributed by atoms with Gasteiger partial charge >= 0.3 is 0 Å². The van der Waals surface area contributed by atoms with Crippen LogP contribution in [0.1, 0.15) is 24.0 Å². The summed E-state index contributed by atoms with van der Waals surface area (Å²) in [5.74, 6) is 1.13. The van der Waals surface area contributed by atoms with Crippen molar-refractivity contribution in [1.29, 1.82) is 0 Å². The van der Waals surface area contributed by atoms with Gasteiger partial charge < -0.3 is 10.5 Å². The first-order chi connectivity index (χ1) is 9.22. The summed E-state index contributed by atoms with van der Waals surface area (Å²) in [5.41, 5.74) is 9.10. The molecule has 0 saturated heterocycles. The SMILES string of the molecule is Nc1ccc(Cl)nc1Oc1ccc2c(c1)CCCC2. The Labute approximate surface area is 117 Å². The fourth-order valence-electron chi connectivity index (χ4n) is 2.40. The summed E-state index contributed by atoms with van der Waals surface area (Å²) in [6.45, 7) is 0.